The fourth-order valence-corrected chi connectivity index (χ4v) is 9.54. The molecule has 3 N–H and O–H groups in total. The van der Waals surface area contributed by atoms with Gasteiger partial charge in [-0.1, -0.05) is 70.7 Å². The van der Waals surface area contributed by atoms with Gasteiger partial charge in [0.05, 0.1) is 64.6 Å². The predicted molar refractivity (Wildman–Crippen MR) is 279 cm³/mol. The minimum absolute atomic E-state index is 0.0560. The molecule has 0 radical (unpaired) electrons. The Labute approximate surface area is 433 Å². The molecule has 1 aliphatic heterocycles. The molecule has 1 unspecified atom stereocenters. The van der Waals surface area contributed by atoms with Gasteiger partial charge in [-0.3, -0.25) is 28.9 Å². The number of ether oxygens (including phenoxy) is 4. The van der Waals surface area contributed by atoms with E-state index in [9.17, 15) is 38.3 Å². The molecule has 21 heteroatoms. The van der Waals surface area contributed by atoms with Gasteiger partial charge in [-0.15, -0.1) is 0 Å². The Kier molecular flexibility index (Phi) is 25.3. The molecular formula is C52H74F2N6O11SSi. The minimum Gasteiger partial charge on any atom is -0.465 e. The van der Waals surface area contributed by atoms with Crippen molar-refractivity contribution < 1.29 is 61.6 Å². The van der Waals surface area contributed by atoms with Gasteiger partial charge < -0.3 is 49.1 Å². The second-order valence-corrected chi connectivity index (χ2v) is 26.5. The molecular weight excluding hydrogens is 983 g/mol. The Morgan fingerprint density at radius 3 is 1.95 bits per heavy atom. The number of thioether (sulfide) groups is 1. The van der Waals surface area contributed by atoms with Crippen LogP contribution < -0.4 is 10.6 Å². The zero-order valence-corrected chi connectivity index (χ0v) is 44.9. The number of nitrogens with one attached hydrogen (secondary N) is 2. The number of carbonyl (C=O) groups is 6. The molecule has 1 aliphatic rings. The van der Waals surface area contributed by atoms with Crippen molar-refractivity contribution in [2.75, 3.05) is 104 Å². The molecule has 17 nitrogen and oxygen atoms in total. The van der Waals surface area contributed by atoms with E-state index in [-0.39, 0.29) is 68.9 Å². The molecule has 0 bridgehead atoms. The largest absolute Gasteiger partial charge is 0.465 e. The van der Waals surface area contributed by atoms with Crippen molar-refractivity contribution in [3.63, 3.8) is 0 Å². The first-order valence-electron chi connectivity index (χ1n) is 24.7. The Hall–Kier alpha value is -5.45. The molecule has 1 aromatic heterocycles. The summed E-state index contributed by atoms with van der Waals surface area (Å²) in [7, 11) is -1.55. The number of carboxylic acid groups (broad SMARTS) is 1. The first-order chi connectivity index (χ1) is 34.7. The van der Waals surface area contributed by atoms with E-state index in [1.165, 1.54) is 22.7 Å². The predicted octanol–water partition coefficient (Wildman–Crippen LogP) is 6.45. The lowest BCUT2D eigenvalue weighted by atomic mass is 9.83. The topological polar surface area (TPSA) is 198 Å². The first-order valence-corrected chi connectivity index (χ1v) is 29.5. The van der Waals surface area contributed by atoms with Crippen LogP contribution >= 0.6 is 11.8 Å². The number of nitrogens with zero attached hydrogens (tertiary/aromatic N) is 4. The third kappa shape index (κ3) is 21.9. The number of imide groups is 1. The van der Waals surface area contributed by atoms with E-state index in [0.29, 0.717) is 77.0 Å². The third-order valence-electron chi connectivity index (χ3n) is 11.5. The van der Waals surface area contributed by atoms with Crippen LogP contribution in [0.2, 0.25) is 25.7 Å². The van der Waals surface area contributed by atoms with Crippen LogP contribution in [0.1, 0.15) is 50.9 Å². The van der Waals surface area contributed by atoms with Crippen molar-refractivity contribution in [1.82, 2.24) is 29.9 Å². The van der Waals surface area contributed by atoms with Crippen LogP contribution in [0.4, 0.5) is 13.6 Å². The summed E-state index contributed by atoms with van der Waals surface area (Å²) in [6, 6.07) is 15.1. The molecule has 402 valence electrons. The zero-order chi connectivity index (χ0) is 53.4. The Bertz CT molecular complexity index is 2270. The van der Waals surface area contributed by atoms with Crippen molar-refractivity contribution in [2.24, 2.45) is 5.41 Å². The van der Waals surface area contributed by atoms with Crippen LogP contribution in [0, 0.1) is 17.0 Å². The highest BCUT2D eigenvalue weighted by Crippen LogP contribution is 2.41. The van der Waals surface area contributed by atoms with Gasteiger partial charge in [-0.2, -0.15) is 11.8 Å². The number of hydrogen-bond donors (Lipinski definition) is 3. The normalized spacial score (nSPS) is 13.1. The number of benzene rings is 2. The average Bonchev–Trinajstić information content (AvgIpc) is 3.88. The first kappa shape index (κ1) is 60.1. The average molecular weight is 1060 g/mol. The van der Waals surface area contributed by atoms with E-state index in [2.05, 4.69) is 30.3 Å². The van der Waals surface area contributed by atoms with Crippen LogP contribution in [0.25, 0.3) is 11.1 Å². The van der Waals surface area contributed by atoms with Crippen molar-refractivity contribution in [2.45, 2.75) is 71.9 Å². The number of amides is 6. The van der Waals surface area contributed by atoms with Crippen molar-refractivity contribution in [1.29, 1.82) is 0 Å². The number of halogens is 2. The molecule has 0 spiro atoms. The summed E-state index contributed by atoms with van der Waals surface area (Å²) in [4.78, 5) is 78.7. The maximum absolute atomic E-state index is 15.3. The molecule has 0 saturated heterocycles. The van der Waals surface area contributed by atoms with Gasteiger partial charge in [-0.05, 0) is 47.7 Å². The van der Waals surface area contributed by atoms with Crippen molar-refractivity contribution in [3.05, 3.63) is 95.8 Å². The van der Waals surface area contributed by atoms with Crippen LogP contribution in [0.15, 0.2) is 72.9 Å². The maximum atomic E-state index is 15.3. The zero-order valence-electron chi connectivity index (χ0n) is 43.1. The van der Waals surface area contributed by atoms with Gasteiger partial charge in [0, 0.05) is 94.7 Å². The van der Waals surface area contributed by atoms with Gasteiger partial charge in [0.15, 0.2) is 0 Å². The van der Waals surface area contributed by atoms with Crippen LogP contribution in [-0.4, -0.2) is 172 Å². The highest BCUT2D eigenvalue weighted by molar-refractivity contribution is 7.99. The summed E-state index contributed by atoms with van der Waals surface area (Å²) < 4.78 is 53.8. The quantitative estimate of drug-likeness (QED) is 0.0336. The monoisotopic (exact) mass is 1060 g/mol. The van der Waals surface area contributed by atoms with Crippen LogP contribution in [0.5, 0.6) is 0 Å². The fourth-order valence-electron chi connectivity index (χ4n) is 7.78. The van der Waals surface area contributed by atoms with Crippen molar-refractivity contribution in [3.8, 4) is 11.1 Å². The van der Waals surface area contributed by atoms with Gasteiger partial charge in [0.25, 0.3) is 11.8 Å². The molecule has 73 heavy (non-hydrogen) atoms. The lowest BCUT2D eigenvalue weighted by Gasteiger charge is -2.41. The Morgan fingerprint density at radius 2 is 1.37 bits per heavy atom. The second kappa shape index (κ2) is 30.7. The summed E-state index contributed by atoms with van der Waals surface area (Å²) in [5.74, 6) is -2.61. The summed E-state index contributed by atoms with van der Waals surface area (Å²) in [5, 5.41) is 15.5. The molecule has 2 heterocycles. The van der Waals surface area contributed by atoms with Gasteiger partial charge in [0.1, 0.15) is 18.2 Å². The third-order valence-corrected chi connectivity index (χ3v) is 14.1. The summed E-state index contributed by atoms with van der Waals surface area (Å²) >= 11 is 1.33. The van der Waals surface area contributed by atoms with Gasteiger partial charge >= 0.3 is 6.09 Å². The Morgan fingerprint density at radius 1 is 0.781 bits per heavy atom. The molecule has 4 rings (SSSR count). The Balaban J connectivity index is 1.23. The standard InChI is InChI=1S/C52H74F2N6O11SSi/c1-52(2,3)50(44-33-40(42-34-41(53)13-14-43(42)54)36-58(44)35-39-11-8-7-9-12-39)59(21-10-20-57(51(66)67)22-32-73(4,5)6)49(65)38-72-31-17-45(61)55-18-23-68-25-27-70-29-30-71-28-26-69-24-19-56-46(62)37-60-47(63)15-16-48(60)64/h7-9,11-16,33-34,36,50H,10,17-32,35,37-38H2,1-6H3,(H,55,61)(H,56,62)(H,66,67). The molecule has 3 aromatic rings. The molecule has 0 aliphatic carbocycles. The second-order valence-electron chi connectivity index (χ2n) is 19.7. The van der Waals surface area contributed by atoms with Crippen LogP contribution in [-0.2, 0) is 49.5 Å². The highest BCUT2D eigenvalue weighted by Gasteiger charge is 2.37. The van der Waals surface area contributed by atoms with Crippen LogP contribution in [0.3, 0.4) is 0 Å². The van der Waals surface area contributed by atoms with E-state index >= 15 is 4.39 Å². The van der Waals surface area contributed by atoms with Gasteiger partial charge in [-0.25, -0.2) is 13.6 Å². The van der Waals surface area contributed by atoms with E-state index in [4.69, 9.17) is 18.9 Å². The summed E-state index contributed by atoms with van der Waals surface area (Å²) in [6.45, 7) is 16.6. The molecule has 0 fully saturated rings. The van der Waals surface area contributed by atoms with Crippen molar-refractivity contribution >= 4 is 55.5 Å². The van der Waals surface area contributed by atoms with E-state index < -0.39 is 55.0 Å². The highest BCUT2D eigenvalue weighted by atomic mass is 32.2. The molecule has 1 atom stereocenters. The lowest BCUT2D eigenvalue weighted by molar-refractivity contribution is -0.141. The summed E-state index contributed by atoms with van der Waals surface area (Å²) in [5.41, 5.74) is 1.67. The lowest BCUT2D eigenvalue weighted by Crippen LogP contribution is -2.44. The number of carbonyl (C=O) groups excluding carboxylic acids is 5. The number of aromatic nitrogens is 1. The van der Waals surface area contributed by atoms with E-state index in [1.54, 1.807) is 11.1 Å². The van der Waals surface area contributed by atoms with Gasteiger partial charge in [0.2, 0.25) is 17.7 Å². The minimum atomic E-state index is -1.55. The summed E-state index contributed by atoms with van der Waals surface area (Å²) in [6.07, 6.45) is 3.56. The molecule has 2 aromatic carbocycles. The number of hydrogen-bond acceptors (Lipinski definition) is 11. The fraction of sp³-hybridized carbons (Fsp3) is 0.538. The van der Waals surface area contributed by atoms with E-state index in [1.807, 2.05) is 61.7 Å². The SMILES string of the molecule is CC(C)(C)C(c1cc(-c2cc(F)ccc2F)cn1Cc1ccccc1)N(CCCN(CC[Si](C)(C)C)C(=O)O)C(=O)CSCCC(=O)NCCOCCOCCOCCOCCNC(=O)CN1C(=O)C=CC1=O. The molecule has 0 saturated carbocycles. The maximum Gasteiger partial charge on any atom is 0.407 e. The number of rotatable bonds is 34. The molecule has 6 amide bonds. The van der Waals surface area contributed by atoms with E-state index in [0.717, 1.165) is 46.5 Å². The smallest absolute Gasteiger partial charge is 0.407 e.